The Balaban J connectivity index is 1.84. The van der Waals surface area contributed by atoms with Crippen LogP contribution in [-0.4, -0.2) is 45.1 Å². The van der Waals surface area contributed by atoms with E-state index in [1.807, 2.05) is 35.2 Å². The quantitative estimate of drug-likeness (QED) is 0.691. The van der Waals surface area contributed by atoms with Gasteiger partial charge in [-0.2, -0.15) is 4.98 Å². The Labute approximate surface area is 159 Å². The average Bonchev–Trinajstić information content (AvgIpc) is 2.68. The number of hydrogen-bond donors (Lipinski definition) is 3. The van der Waals surface area contributed by atoms with Crippen molar-refractivity contribution in [1.29, 1.82) is 0 Å². The summed E-state index contributed by atoms with van der Waals surface area (Å²) in [6.07, 6.45) is 3.21. The first-order valence-corrected chi connectivity index (χ1v) is 9.49. The summed E-state index contributed by atoms with van der Waals surface area (Å²) in [6.45, 7) is 3.27. The summed E-state index contributed by atoms with van der Waals surface area (Å²) in [7, 11) is 0. The number of anilines is 2. The lowest BCUT2D eigenvalue weighted by atomic mass is 10.0. The van der Waals surface area contributed by atoms with Crippen LogP contribution in [0.25, 0.3) is 0 Å². The van der Waals surface area contributed by atoms with Gasteiger partial charge in [0.25, 0.3) is 5.91 Å². The molecule has 0 radical (unpaired) electrons. The number of fused-ring (bicyclic) bond motifs is 1. The third kappa shape index (κ3) is 4.54. The van der Waals surface area contributed by atoms with E-state index in [0.29, 0.717) is 37.3 Å². The molecular formula is C20H27N5O2. The van der Waals surface area contributed by atoms with Crippen LogP contribution in [-0.2, 0) is 13.0 Å². The Kier molecular flexibility index (Phi) is 6.24. The highest BCUT2D eigenvalue weighted by Crippen LogP contribution is 2.27. The van der Waals surface area contributed by atoms with E-state index in [9.17, 15) is 9.90 Å². The number of rotatable bonds is 7. The highest BCUT2D eigenvalue weighted by molar-refractivity contribution is 5.94. The maximum Gasteiger partial charge on any atom is 0.254 e. The van der Waals surface area contributed by atoms with Gasteiger partial charge in [-0.3, -0.25) is 4.79 Å². The summed E-state index contributed by atoms with van der Waals surface area (Å²) < 4.78 is 0. The zero-order valence-electron chi connectivity index (χ0n) is 15.7. The number of aliphatic hydroxyl groups is 1. The van der Waals surface area contributed by atoms with Gasteiger partial charge in [-0.25, -0.2) is 4.98 Å². The minimum Gasteiger partial charge on any atom is -0.396 e. The van der Waals surface area contributed by atoms with Gasteiger partial charge in [0, 0.05) is 36.7 Å². The van der Waals surface area contributed by atoms with Crippen LogP contribution in [0.1, 0.15) is 47.8 Å². The fourth-order valence-electron chi connectivity index (χ4n) is 3.48. The van der Waals surface area contributed by atoms with Gasteiger partial charge in [0.15, 0.2) is 0 Å². The monoisotopic (exact) mass is 369 g/mol. The number of hydrogen-bond acceptors (Lipinski definition) is 6. The van der Waals surface area contributed by atoms with Crippen LogP contribution in [0.3, 0.4) is 0 Å². The zero-order valence-corrected chi connectivity index (χ0v) is 15.7. The fraction of sp³-hybridized carbons (Fsp3) is 0.450. The first-order valence-electron chi connectivity index (χ1n) is 9.49. The van der Waals surface area contributed by atoms with Gasteiger partial charge in [-0.1, -0.05) is 31.5 Å². The third-order valence-corrected chi connectivity index (χ3v) is 4.84. The summed E-state index contributed by atoms with van der Waals surface area (Å²) in [5, 5.41) is 12.7. The van der Waals surface area contributed by atoms with Crippen molar-refractivity contribution in [2.45, 2.75) is 45.2 Å². The van der Waals surface area contributed by atoms with E-state index in [-0.39, 0.29) is 24.5 Å². The predicted octanol–water partition coefficient (Wildman–Crippen LogP) is 2.22. The highest BCUT2D eigenvalue weighted by Gasteiger charge is 2.26. The lowest BCUT2D eigenvalue weighted by Gasteiger charge is -2.30. The van der Waals surface area contributed by atoms with E-state index in [1.54, 1.807) is 0 Å². The standard InChI is InChI=1S/C20H27N5O2/c1-2-6-15(10-12-26)22-18-16-13-25(11-9-17(16)23-20(21)24-18)19(27)14-7-4-3-5-8-14/h3-5,7-8,15,26H,2,6,9-13H2,1H3,(H3,21,22,23,24). The summed E-state index contributed by atoms with van der Waals surface area (Å²) in [4.78, 5) is 23.4. The first kappa shape index (κ1) is 19.1. The normalized spacial score (nSPS) is 14.5. The van der Waals surface area contributed by atoms with Gasteiger partial charge in [-0.15, -0.1) is 0 Å². The number of aliphatic hydroxyl groups excluding tert-OH is 1. The van der Waals surface area contributed by atoms with E-state index >= 15 is 0 Å². The number of amides is 1. The number of nitrogen functional groups attached to an aromatic ring is 1. The molecule has 144 valence electrons. The van der Waals surface area contributed by atoms with E-state index in [2.05, 4.69) is 22.2 Å². The Bertz CT molecular complexity index is 775. The van der Waals surface area contributed by atoms with Gasteiger partial charge in [0.05, 0.1) is 12.2 Å². The molecule has 27 heavy (non-hydrogen) atoms. The fourth-order valence-corrected chi connectivity index (χ4v) is 3.48. The topological polar surface area (TPSA) is 104 Å². The molecule has 4 N–H and O–H groups in total. The van der Waals surface area contributed by atoms with Gasteiger partial charge in [0.2, 0.25) is 5.95 Å². The van der Waals surface area contributed by atoms with Crippen molar-refractivity contribution >= 4 is 17.7 Å². The molecule has 1 aromatic carbocycles. The van der Waals surface area contributed by atoms with Crippen molar-refractivity contribution in [3.63, 3.8) is 0 Å². The number of carbonyl (C=O) groups is 1. The maximum atomic E-state index is 12.8. The molecule has 1 amide bonds. The molecule has 7 nitrogen and oxygen atoms in total. The van der Waals surface area contributed by atoms with E-state index in [1.165, 1.54) is 0 Å². The molecule has 2 heterocycles. The minimum absolute atomic E-state index is 0.00416. The molecular weight excluding hydrogens is 342 g/mol. The second-order valence-corrected chi connectivity index (χ2v) is 6.84. The molecule has 0 bridgehead atoms. The van der Waals surface area contributed by atoms with Crippen LogP contribution in [0.15, 0.2) is 30.3 Å². The molecule has 0 spiro atoms. The Hall–Kier alpha value is -2.67. The Morgan fingerprint density at radius 3 is 2.78 bits per heavy atom. The number of nitrogens with one attached hydrogen (secondary N) is 1. The summed E-state index contributed by atoms with van der Waals surface area (Å²) in [5.41, 5.74) is 8.38. The molecule has 1 aliphatic heterocycles. The highest BCUT2D eigenvalue weighted by atomic mass is 16.3. The number of benzene rings is 1. The molecule has 2 aromatic rings. The van der Waals surface area contributed by atoms with Crippen molar-refractivity contribution in [2.75, 3.05) is 24.2 Å². The molecule has 1 aromatic heterocycles. The van der Waals surface area contributed by atoms with Crippen LogP contribution in [0.2, 0.25) is 0 Å². The van der Waals surface area contributed by atoms with E-state index in [0.717, 1.165) is 24.1 Å². The van der Waals surface area contributed by atoms with Crippen molar-refractivity contribution in [3.8, 4) is 0 Å². The smallest absolute Gasteiger partial charge is 0.254 e. The van der Waals surface area contributed by atoms with Crippen LogP contribution in [0.5, 0.6) is 0 Å². The lowest BCUT2D eigenvalue weighted by Crippen LogP contribution is -2.37. The van der Waals surface area contributed by atoms with Gasteiger partial charge >= 0.3 is 0 Å². The molecule has 1 atom stereocenters. The van der Waals surface area contributed by atoms with Crippen molar-refractivity contribution in [1.82, 2.24) is 14.9 Å². The molecule has 0 saturated heterocycles. The summed E-state index contributed by atoms with van der Waals surface area (Å²) >= 11 is 0. The van der Waals surface area contributed by atoms with Crippen molar-refractivity contribution in [2.24, 2.45) is 0 Å². The number of carbonyl (C=O) groups excluding carboxylic acids is 1. The average molecular weight is 369 g/mol. The number of nitrogens with two attached hydrogens (primary N) is 1. The molecule has 0 aliphatic carbocycles. The zero-order chi connectivity index (χ0) is 19.2. The van der Waals surface area contributed by atoms with Crippen LogP contribution < -0.4 is 11.1 Å². The van der Waals surface area contributed by atoms with Crippen LogP contribution >= 0.6 is 0 Å². The molecule has 0 fully saturated rings. The lowest BCUT2D eigenvalue weighted by molar-refractivity contribution is 0.0734. The second-order valence-electron chi connectivity index (χ2n) is 6.84. The summed E-state index contributed by atoms with van der Waals surface area (Å²) in [5.74, 6) is 0.915. The van der Waals surface area contributed by atoms with Crippen LogP contribution in [0.4, 0.5) is 11.8 Å². The van der Waals surface area contributed by atoms with Crippen molar-refractivity contribution in [3.05, 3.63) is 47.2 Å². The molecule has 1 unspecified atom stereocenters. The van der Waals surface area contributed by atoms with Crippen molar-refractivity contribution < 1.29 is 9.90 Å². The molecule has 7 heteroatoms. The molecule has 0 saturated carbocycles. The van der Waals surface area contributed by atoms with E-state index < -0.39 is 0 Å². The molecule has 1 aliphatic rings. The van der Waals surface area contributed by atoms with Crippen LogP contribution in [0, 0.1) is 0 Å². The minimum atomic E-state index is 0.00416. The third-order valence-electron chi connectivity index (χ3n) is 4.84. The maximum absolute atomic E-state index is 12.8. The second kappa shape index (κ2) is 8.81. The Morgan fingerprint density at radius 1 is 1.30 bits per heavy atom. The van der Waals surface area contributed by atoms with Gasteiger partial charge in [0.1, 0.15) is 5.82 Å². The number of aromatic nitrogens is 2. The number of nitrogens with zero attached hydrogens (tertiary/aromatic N) is 3. The summed E-state index contributed by atoms with van der Waals surface area (Å²) in [6, 6.07) is 9.40. The first-order chi connectivity index (χ1) is 13.1. The molecule has 3 rings (SSSR count). The van der Waals surface area contributed by atoms with Gasteiger partial charge < -0.3 is 21.1 Å². The Morgan fingerprint density at radius 2 is 2.07 bits per heavy atom. The predicted molar refractivity (Wildman–Crippen MR) is 105 cm³/mol. The SMILES string of the molecule is CCCC(CCO)Nc1nc(N)nc2c1CN(C(=O)c1ccccc1)CC2. The van der Waals surface area contributed by atoms with E-state index in [4.69, 9.17) is 5.73 Å². The largest absolute Gasteiger partial charge is 0.396 e. The van der Waals surface area contributed by atoms with Gasteiger partial charge in [-0.05, 0) is 25.0 Å².